The number of rotatable bonds is 6. The Morgan fingerprint density at radius 2 is 1.57 bits per heavy atom. The largest absolute Gasteiger partial charge is 0.398 e. The molecular weight excluding hydrogens is 402 g/mol. The molecule has 3 aromatic carbocycles. The first-order chi connectivity index (χ1) is 14.2. The second-order valence-corrected chi connectivity index (χ2v) is 8.77. The number of para-hydroxylation sites is 1. The zero-order chi connectivity index (χ0) is 21.7. The summed E-state index contributed by atoms with van der Waals surface area (Å²) in [5.74, 6) is -0.632. The molecule has 0 radical (unpaired) electrons. The van der Waals surface area contributed by atoms with E-state index in [2.05, 4.69) is 10.6 Å². The molecule has 2 amide bonds. The number of hydrogen-bond acceptors (Lipinski definition) is 5. The first-order valence-electron chi connectivity index (χ1n) is 9.07. The second kappa shape index (κ2) is 8.79. The predicted molar refractivity (Wildman–Crippen MR) is 117 cm³/mol. The molecule has 0 saturated heterocycles. The molecule has 0 atom stereocenters. The van der Waals surface area contributed by atoms with Crippen LogP contribution in [-0.4, -0.2) is 26.5 Å². The van der Waals surface area contributed by atoms with Crippen molar-refractivity contribution in [1.82, 2.24) is 0 Å². The minimum absolute atomic E-state index is 0.121. The molecule has 7 nitrogen and oxygen atoms in total. The van der Waals surface area contributed by atoms with Crippen LogP contribution in [0.1, 0.15) is 15.9 Å². The summed E-state index contributed by atoms with van der Waals surface area (Å²) in [4.78, 5) is 25.0. The van der Waals surface area contributed by atoms with E-state index in [1.807, 2.05) is 6.07 Å². The molecule has 0 spiro atoms. The van der Waals surface area contributed by atoms with Crippen LogP contribution in [-0.2, 0) is 21.1 Å². The molecule has 0 heterocycles. The van der Waals surface area contributed by atoms with Crippen LogP contribution >= 0.6 is 0 Å². The standard InChI is InChI=1S/C22H21N3O4S/c1-30(28,29)19-11-9-17(10-12-19)25-22(27)16-6-4-7-18(13-16)24-21(26)14-15-5-2-3-8-20(15)23/h2-13H,14,23H2,1H3,(H,24,26)(H,25,27). The van der Waals surface area contributed by atoms with Crippen molar-refractivity contribution in [2.45, 2.75) is 11.3 Å². The van der Waals surface area contributed by atoms with E-state index in [1.54, 1.807) is 42.5 Å². The van der Waals surface area contributed by atoms with E-state index in [1.165, 1.54) is 24.3 Å². The average molecular weight is 423 g/mol. The molecule has 0 aromatic heterocycles. The summed E-state index contributed by atoms with van der Waals surface area (Å²) in [5.41, 5.74) is 8.42. The predicted octanol–water partition coefficient (Wildman–Crippen LogP) is 3.11. The van der Waals surface area contributed by atoms with Crippen LogP contribution in [0.4, 0.5) is 17.1 Å². The van der Waals surface area contributed by atoms with Crippen LogP contribution in [0.15, 0.2) is 77.7 Å². The van der Waals surface area contributed by atoms with Gasteiger partial charge in [0.05, 0.1) is 11.3 Å². The Hall–Kier alpha value is -3.65. The summed E-state index contributed by atoms with van der Waals surface area (Å²) >= 11 is 0. The molecular formula is C22H21N3O4S. The summed E-state index contributed by atoms with van der Waals surface area (Å²) in [6.45, 7) is 0. The Morgan fingerprint density at radius 1 is 0.867 bits per heavy atom. The third-order valence-electron chi connectivity index (χ3n) is 4.35. The Kier molecular flexibility index (Phi) is 6.17. The molecule has 3 aromatic rings. The zero-order valence-corrected chi connectivity index (χ0v) is 17.1. The number of carbonyl (C=O) groups is 2. The molecule has 0 saturated carbocycles. The monoisotopic (exact) mass is 423 g/mol. The van der Waals surface area contributed by atoms with Gasteiger partial charge in [-0.15, -0.1) is 0 Å². The molecule has 0 aliphatic carbocycles. The number of amides is 2. The van der Waals surface area contributed by atoms with E-state index in [9.17, 15) is 18.0 Å². The highest BCUT2D eigenvalue weighted by atomic mass is 32.2. The van der Waals surface area contributed by atoms with Crippen LogP contribution in [0.25, 0.3) is 0 Å². The molecule has 0 aliphatic rings. The SMILES string of the molecule is CS(=O)(=O)c1ccc(NC(=O)c2cccc(NC(=O)Cc3ccccc3N)c2)cc1. The maximum absolute atomic E-state index is 12.5. The van der Waals surface area contributed by atoms with E-state index in [0.717, 1.165) is 11.8 Å². The van der Waals surface area contributed by atoms with Gasteiger partial charge in [-0.1, -0.05) is 24.3 Å². The van der Waals surface area contributed by atoms with Gasteiger partial charge < -0.3 is 16.4 Å². The Balaban J connectivity index is 1.66. The highest BCUT2D eigenvalue weighted by molar-refractivity contribution is 7.90. The number of anilines is 3. The van der Waals surface area contributed by atoms with Crippen LogP contribution < -0.4 is 16.4 Å². The van der Waals surface area contributed by atoms with Crippen LogP contribution in [0.3, 0.4) is 0 Å². The van der Waals surface area contributed by atoms with Crippen molar-refractivity contribution in [2.24, 2.45) is 0 Å². The fourth-order valence-corrected chi connectivity index (χ4v) is 3.43. The lowest BCUT2D eigenvalue weighted by Crippen LogP contribution is -2.16. The minimum atomic E-state index is -3.30. The van der Waals surface area contributed by atoms with Gasteiger partial charge in [0.25, 0.3) is 5.91 Å². The van der Waals surface area contributed by atoms with E-state index >= 15 is 0 Å². The second-order valence-electron chi connectivity index (χ2n) is 6.76. The smallest absolute Gasteiger partial charge is 0.255 e. The van der Waals surface area contributed by atoms with Gasteiger partial charge in [-0.25, -0.2) is 8.42 Å². The summed E-state index contributed by atoms with van der Waals surface area (Å²) in [6.07, 6.45) is 1.24. The maximum atomic E-state index is 12.5. The van der Waals surface area contributed by atoms with Gasteiger partial charge >= 0.3 is 0 Å². The van der Waals surface area contributed by atoms with Gasteiger partial charge in [-0.3, -0.25) is 9.59 Å². The van der Waals surface area contributed by atoms with Gasteiger partial charge in [0.15, 0.2) is 9.84 Å². The lowest BCUT2D eigenvalue weighted by atomic mass is 10.1. The van der Waals surface area contributed by atoms with Crippen molar-refractivity contribution in [3.63, 3.8) is 0 Å². The average Bonchev–Trinajstić information content (AvgIpc) is 2.69. The van der Waals surface area contributed by atoms with Crippen molar-refractivity contribution in [3.05, 3.63) is 83.9 Å². The maximum Gasteiger partial charge on any atom is 0.255 e. The molecule has 0 fully saturated rings. The summed E-state index contributed by atoms with van der Waals surface area (Å²) in [6, 6.07) is 19.5. The van der Waals surface area contributed by atoms with Crippen molar-refractivity contribution >= 4 is 38.7 Å². The normalized spacial score (nSPS) is 11.0. The van der Waals surface area contributed by atoms with Gasteiger partial charge in [0.2, 0.25) is 5.91 Å². The molecule has 8 heteroatoms. The topological polar surface area (TPSA) is 118 Å². The van der Waals surface area contributed by atoms with Crippen LogP contribution in [0.5, 0.6) is 0 Å². The quantitative estimate of drug-likeness (QED) is 0.527. The van der Waals surface area contributed by atoms with Crippen molar-refractivity contribution in [1.29, 1.82) is 0 Å². The first-order valence-corrected chi connectivity index (χ1v) is 11.0. The van der Waals surface area contributed by atoms with Crippen molar-refractivity contribution < 1.29 is 18.0 Å². The number of nitrogens with one attached hydrogen (secondary N) is 2. The van der Waals surface area contributed by atoms with Gasteiger partial charge in [0.1, 0.15) is 0 Å². The van der Waals surface area contributed by atoms with Crippen molar-refractivity contribution in [2.75, 3.05) is 22.6 Å². The fraction of sp³-hybridized carbons (Fsp3) is 0.0909. The van der Waals surface area contributed by atoms with Gasteiger partial charge in [-0.2, -0.15) is 0 Å². The van der Waals surface area contributed by atoms with Crippen LogP contribution in [0.2, 0.25) is 0 Å². The molecule has 3 rings (SSSR count). The fourth-order valence-electron chi connectivity index (χ4n) is 2.80. The molecule has 30 heavy (non-hydrogen) atoms. The summed E-state index contributed by atoms with van der Waals surface area (Å²) in [5, 5.41) is 5.46. The number of nitrogens with two attached hydrogens (primary N) is 1. The van der Waals surface area contributed by atoms with E-state index in [-0.39, 0.29) is 23.1 Å². The van der Waals surface area contributed by atoms with Gasteiger partial charge in [0, 0.05) is 28.9 Å². The minimum Gasteiger partial charge on any atom is -0.398 e. The Labute approximate surface area is 174 Å². The third-order valence-corrected chi connectivity index (χ3v) is 5.48. The van der Waals surface area contributed by atoms with E-state index in [4.69, 9.17) is 5.73 Å². The molecule has 0 unspecified atom stereocenters. The highest BCUT2D eigenvalue weighted by Gasteiger charge is 2.11. The number of hydrogen-bond donors (Lipinski definition) is 3. The summed E-state index contributed by atoms with van der Waals surface area (Å²) < 4.78 is 23.0. The van der Waals surface area contributed by atoms with E-state index < -0.39 is 9.84 Å². The van der Waals surface area contributed by atoms with Gasteiger partial charge in [-0.05, 0) is 54.1 Å². The number of carbonyl (C=O) groups excluding carboxylic acids is 2. The number of nitrogen functional groups attached to an aromatic ring is 1. The Bertz CT molecular complexity index is 1190. The molecule has 4 N–H and O–H groups in total. The number of benzene rings is 3. The van der Waals surface area contributed by atoms with E-state index in [0.29, 0.717) is 22.6 Å². The van der Waals surface area contributed by atoms with Crippen molar-refractivity contribution in [3.8, 4) is 0 Å². The lowest BCUT2D eigenvalue weighted by Gasteiger charge is -2.10. The third kappa shape index (κ3) is 5.45. The van der Waals surface area contributed by atoms with Crippen LogP contribution in [0, 0.1) is 0 Å². The molecule has 0 aliphatic heterocycles. The first kappa shape index (κ1) is 21.1. The lowest BCUT2D eigenvalue weighted by molar-refractivity contribution is -0.115. The number of sulfone groups is 1. The molecule has 154 valence electrons. The summed E-state index contributed by atoms with van der Waals surface area (Å²) in [7, 11) is -3.30. The molecule has 0 bridgehead atoms. The zero-order valence-electron chi connectivity index (χ0n) is 16.3. The Morgan fingerprint density at radius 3 is 2.23 bits per heavy atom. The highest BCUT2D eigenvalue weighted by Crippen LogP contribution is 2.17.